The second kappa shape index (κ2) is 7.22. The molecule has 0 heterocycles. The van der Waals surface area contributed by atoms with Gasteiger partial charge in [-0.2, -0.15) is 0 Å². The normalized spacial score (nSPS) is 16.9. The highest BCUT2D eigenvalue weighted by Gasteiger charge is 2.35. The molecule has 0 saturated carbocycles. The van der Waals surface area contributed by atoms with Crippen LogP contribution in [0.5, 0.6) is 0 Å². The number of hydrogen-bond acceptors (Lipinski definition) is 2. The van der Waals surface area contributed by atoms with Gasteiger partial charge >= 0.3 is 7.82 Å². The topological polar surface area (TPSA) is 66.8 Å². The van der Waals surface area contributed by atoms with Gasteiger partial charge in [-0.3, -0.25) is 4.52 Å². The summed E-state index contributed by atoms with van der Waals surface area (Å²) in [6, 6.07) is 0. The van der Waals surface area contributed by atoms with Crippen LogP contribution in [0.3, 0.4) is 0 Å². The summed E-state index contributed by atoms with van der Waals surface area (Å²) in [6.45, 7) is 4.05. The van der Waals surface area contributed by atoms with E-state index in [0.29, 0.717) is 18.7 Å². The number of halogens is 3. The maximum absolute atomic E-state index is 10.7. The fourth-order valence-electron chi connectivity index (χ4n) is 1.49. The predicted molar refractivity (Wildman–Crippen MR) is 77.2 cm³/mol. The third-order valence-electron chi connectivity index (χ3n) is 2.19. The minimum Gasteiger partial charge on any atom is -0.303 e. The SMILES string of the molecule is CC(C)(CBr)CC(Br)(CCCl)COP(=O)(O)O. The van der Waals surface area contributed by atoms with Crippen molar-refractivity contribution in [3.8, 4) is 0 Å². The molecule has 0 aliphatic heterocycles. The molecule has 0 aliphatic carbocycles. The summed E-state index contributed by atoms with van der Waals surface area (Å²) in [7, 11) is -4.44. The molecular formula is C9H18Br2ClO4P. The molecular weight excluding hydrogens is 398 g/mol. The lowest BCUT2D eigenvalue weighted by Gasteiger charge is -2.34. The van der Waals surface area contributed by atoms with Gasteiger partial charge in [0.05, 0.1) is 10.9 Å². The Morgan fingerprint density at radius 2 is 1.94 bits per heavy atom. The molecule has 0 aliphatic rings. The first-order chi connectivity index (χ1) is 7.54. The van der Waals surface area contributed by atoms with Crippen LogP contribution in [0.1, 0.15) is 26.7 Å². The number of hydrogen-bond donors (Lipinski definition) is 2. The van der Waals surface area contributed by atoms with Gasteiger partial charge in [0.25, 0.3) is 0 Å². The smallest absolute Gasteiger partial charge is 0.303 e. The molecule has 0 spiro atoms. The number of phosphoric ester groups is 1. The summed E-state index contributed by atoms with van der Waals surface area (Å²) in [6.07, 6.45) is 1.27. The molecule has 17 heavy (non-hydrogen) atoms. The van der Waals surface area contributed by atoms with Crippen LogP contribution in [0, 0.1) is 5.41 Å². The first kappa shape index (κ1) is 18.4. The summed E-state index contributed by atoms with van der Waals surface area (Å²) >= 11 is 12.6. The van der Waals surface area contributed by atoms with Crippen LogP contribution < -0.4 is 0 Å². The highest BCUT2D eigenvalue weighted by molar-refractivity contribution is 9.10. The molecule has 2 N–H and O–H groups in total. The van der Waals surface area contributed by atoms with Crippen molar-refractivity contribution in [3.63, 3.8) is 0 Å². The fourth-order valence-corrected chi connectivity index (χ4v) is 3.94. The summed E-state index contributed by atoms with van der Waals surface area (Å²) in [4.78, 5) is 17.5. The van der Waals surface area contributed by atoms with Gasteiger partial charge in [-0.05, 0) is 18.3 Å². The van der Waals surface area contributed by atoms with Crippen molar-refractivity contribution in [2.24, 2.45) is 5.41 Å². The lowest BCUT2D eigenvalue weighted by molar-refractivity contribution is 0.161. The van der Waals surface area contributed by atoms with Crippen LogP contribution in [0.4, 0.5) is 0 Å². The average molecular weight is 416 g/mol. The summed E-state index contributed by atoms with van der Waals surface area (Å²) < 4.78 is 14.8. The second-order valence-corrected chi connectivity index (χ2v) is 8.69. The Balaban J connectivity index is 4.61. The molecule has 104 valence electrons. The quantitative estimate of drug-likeness (QED) is 0.468. The van der Waals surface area contributed by atoms with E-state index in [9.17, 15) is 4.57 Å². The van der Waals surface area contributed by atoms with Gasteiger partial charge < -0.3 is 9.79 Å². The van der Waals surface area contributed by atoms with Crippen molar-refractivity contribution in [1.82, 2.24) is 0 Å². The van der Waals surface area contributed by atoms with Gasteiger partial charge in [-0.1, -0.05) is 45.7 Å². The van der Waals surface area contributed by atoms with Crippen LogP contribution >= 0.6 is 51.3 Å². The third-order valence-corrected chi connectivity index (χ3v) is 5.27. The predicted octanol–water partition coefficient (Wildman–Crippen LogP) is 3.67. The van der Waals surface area contributed by atoms with Crippen molar-refractivity contribution < 1.29 is 18.9 Å². The number of phosphoric acid groups is 1. The van der Waals surface area contributed by atoms with Crippen LogP contribution in [0.2, 0.25) is 0 Å². The summed E-state index contributed by atoms with van der Waals surface area (Å²) in [5, 5.41) is 0.783. The molecule has 0 amide bonds. The zero-order valence-electron chi connectivity index (χ0n) is 9.83. The molecule has 0 aromatic carbocycles. The Kier molecular flexibility index (Phi) is 7.80. The maximum Gasteiger partial charge on any atom is 0.469 e. The molecule has 4 nitrogen and oxygen atoms in total. The van der Waals surface area contributed by atoms with Gasteiger partial charge in [-0.25, -0.2) is 4.57 Å². The molecule has 8 heteroatoms. The molecule has 0 aromatic rings. The molecule has 0 aromatic heterocycles. The van der Waals surface area contributed by atoms with E-state index in [-0.39, 0.29) is 12.0 Å². The first-order valence-electron chi connectivity index (χ1n) is 5.05. The van der Waals surface area contributed by atoms with Crippen molar-refractivity contribution in [2.45, 2.75) is 31.0 Å². The zero-order chi connectivity index (χ0) is 13.7. The summed E-state index contributed by atoms with van der Waals surface area (Å²) in [5.41, 5.74) is -0.0200. The van der Waals surface area contributed by atoms with E-state index < -0.39 is 12.1 Å². The van der Waals surface area contributed by atoms with Crippen molar-refractivity contribution in [1.29, 1.82) is 0 Å². The van der Waals surface area contributed by atoms with Gasteiger partial charge in [0.15, 0.2) is 0 Å². The lowest BCUT2D eigenvalue weighted by Crippen LogP contribution is -2.34. The highest BCUT2D eigenvalue weighted by atomic mass is 79.9. The maximum atomic E-state index is 10.7. The van der Waals surface area contributed by atoms with Crippen molar-refractivity contribution in [2.75, 3.05) is 17.8 Å². The Morgan fingerprint density at radius 1 is 1.41 bits per heavy atom. The number of rotatable bonds is 8. The van der Waals surface area contributed by atoms with Gasteiger partial charge in [0.2, 0.25) is 0 Å². The highest BCUT2D eigenvalue weighted by Crippen LogP contribution is 2.43. The van der Waals surface area contributed by atoms with E-state index >= 15 is 0 Å². The van der Waals surface area contributed by atoms with Crippen LogP contribution in [0.15, 0.2) is 0 Å². The largest absolute Gasteiger partial charge is 0.469 e. The van der Waals surface area contributed by atoms with Crippen LogP contribution in [0.25, 0.3) is 0 Å². The fraction of sp³-hybridized carbons (Fsp3) is 1.00. The Bertz CT molecular complexity index is 284. The third kappa shape index (κ3) is 8.98. The zero-order valence-corrected chi connectivity index (χ0v) is 14.6. The minimum atomic E-state index is -4.44. The van der Waals surface area contributed by atoms with E-state index in [1.54, 1.807) is 0 Å². The van der Waals surface area contributed by atoms with E-state index in [4.69, 9.17) is 21.4 Å². The van der Waals surface area contributed by atoms with Crippen LogP contribution in [-0.4, -0.2) is 31.9 Å². The Labute approximate surface area is 124 Å². The average Bonchev–Trinajstić information content (AvgIpc) is 2.14. The molecule has 1 atom stereocenters. The van der Waals surface area contributed by atoms with E-state index in [1.165, 1.54) is 0 Å². The molecule has 0 rings (SSSR count). The first-order valence-corrected chi connectivity index (χ1v) is 9.02. The summed E-state index contributed by atoms with van der Waals surface area (Å²) in [5.74, 6) is 0.397. The molecule has 0 fully saturated rings. The van der Waals surface area contributed by atoms with Crippen molar-refractivity contribution in [3.05, 3.63) is 0 Å². The molecule has 0 bridgehead atoms. The number of alkyl halides is 3. The monoisotopic (exact) mass is 414 g/mol. The van der Waals surface area contributed by atoms with E-state index in [2.05, 4.69) is 50.2 Å². The molecule has 1 unspecified atom stereocenters. The molecule has 0 saturated heterocycles. The van der Waals surface area contributed by atoms with Crippen LogP contribution in [-0.2, 0) is 9.09 Å². The van der Waals surface area contributed by atoms with Gasteiger partial charge in [0, 0.05) is 11.2 Å². The van der Waals surface area contributed by atoms with E-state index in [0.717, 1.165) is 5.33 Å². The Hall–Kier alpha value is 1.36. The van der Waals surface area contributed by atoms with Gasteiger partial charge in [0.1, 0.15) is 0 Å². The Morgan fingerprint density at radius 3 is 2.29 bits per heavy atom. The van der Waals surface area contributed by atoms with Gasteiger partial charge in [-0.15, -0.1) is 11.6 Å². The second-order valence-electron chi connectivity index (χ2n) is 4.83. The standard InChI is InChI=1S/C9H18Br2ClO4P/c1-8(2,6-10)5-9(11,3-4-12)7-16-17(13,14)15/h3-7H2,1-2H3,(H2,13,14,15). The lowest BCUT2D eigenvalue weighted by atomic mass is 9.83. The minimum absolute atomic E-state index is 0.0200. The van der Waals surface area contributed by atoms with E-state index in [1.807, 2.05) is 0 Å². The van der Waals surface area contributed by atoms with Crippen molar-refractivity contribution >= 4 is 51.3 Å². The molecule has 0 radical (unpaired) electrons.